The summed E-state index contributed by atoms with van der Waals surface area (Å²) in [6.07, 6.45) is -3.14. The van der Waals surface area contributed by atoms with Crippen LogP contribution in [-0.4, -0.2) is 142 Å². The van der Waals surface area contributed by atoms with E-state index in [0.29, 0.717) is 10.8 Å². The van der Waals surface area contributed by atoms with Gasteiger partial charge >= 0.3 is 22.5 Å². The molecule has 0 saturated carbocycles. The van der Waals surface area contributed by atoms with E-state index < -0.39 is 70.3 Å². The summed E-state index contributed by atoms with van der Waals surface area (Å²) < 4.78 is 81.0. The van der Waals surface area contributed by atoms with Crippen molar-refractivity contribution in [3.8, 4) is 16.9 Å². The van der Waals surface area contributed by atoms with Crippen molar-refractivity contribution in [2.45, 2.75) is 44.3 Å². The summed E-state index contributed by atoms with van der Waals surface area (Å²) in [6.45, 7) is 7.37. The third-order valence-electron chi connectivity index (χ3n) is 8.52. The number of alkyl halides is 3. The van der Waals surface area contributed by atoms with Crippen LogP contribution < -0.4 is 20.9 Å². The van der Waals surface area contributed by atoms with Gasteiger partial charge in [-0.05, 0) is 31.5 Å². The highest BCUT2D eigenvalue weighted by atomic mass is 32.3. The Morgan fingerprint density at radius 2 is 1.84 bits per heavy atom. The second-order valence-electron chi connectivity index (χ2n) is 13.2. The number of carbonyl (C=O) groups is 4. The zero-order valence-electron chi connectivity index (χ0n) is 30.2. The molecule has 2 amide bonds. The van der Waals surface area contributed by atoms with Crippen molar-refractivity contribution in [3.63, 3.8) is 0 Å². The maximum absolute atomic E-state index is 13.2. The minimum Gasteiger partial charge on any atom is -0.542 e. The summed E-state index contributed by atoms with van der Waals surface area (Å²) in [5.74, 6) is -6.12. The standard InChI is InChI=1S/C29H36N8O11S2.C2HF3O2/c1-29(2)24(26(39)36(29)48-50(42,43)44)33-25(38)23(21-17-49-28(30)32-21)34-47-22(27(40)41)16-46-20-6-4-18(5-7-20)19-14-31-35(15-19)8-9-37(3)10-12-45-13-11-37;3-2(4,5)1(6)7/h4-7,14-15,17,22,24H,8-13,16H2,1-3H3,(H4-,30,32,33,38,40,41,42,43,44);(H,6,7)/b34-23-;/t22-,24+;/m0./s1. The number of rotatable bonds is 15. The Kier molecular flexibility index (Phi) is 13.8. The number of oxime groups is 1. The zero-order chi connectivity index (χ0) is 42.3. The van der Waals surface area contributed by atoms with Crippen LogP contribution in [0.1, 0.15) is 19.5 Å². The number of aliphatic carboxylic acids is 2. The van der Waals surface area contributed by atoms with Gasteiger partial charge in [0, 0.05) is 17.1 Å². The van der Waals surface area contributed by atoms with E-state index >= 15 is 0 Å². The molecule has 2 aromatic heterocycles. The van der Waals surface area contributed by atoms with Gasteiger partial charge in [0.15, 0.2) is 10.8 Å². The number of carboxylic acid groups (broad SMARTS) is 2. The first kappa shape index (κ1) is 44.3. The summed E-state index contributed by atoms with van der Waals surface area (Å²) >= 11 is 0.962. The first-order valence-corrected chi connectivity index (χ1v) is 18.7. The van der Waals surface area contributed by atoms with Crippen LogP contribution in [0.3, 0.4) is 0 Å². The number of halogens is 3. The van der Waals surface area contributed by atoms with E-state index in [-0.39, 0.29) is 10.8 Å². The Labute approximate surface area is 325 Å². The number of morpholine rings is 1. The van der Waals surface area contributed by atoms with Crippen LogP contribution in [-0.2, 0) is 50.0 Å². The van der Waals surface area contributed by atoms with Crippen LogP contribution in [0.4, 0.5) is 18.3 Å². The Hall–Kier alpha value is -5.41. The molecular weight excluding hydrogens is 814 g/mol. The molecule has 5 N–H and O–H groups in total. The predicted molar refractivity (Wildman–Crippen MR) is 187 cm³/mol. The van der Waals surface area contributed by atoms with Gasteiger partial charge in [-0.1, -0.05) is 17.3 Å². The summed E-state index contributed by atoms with van der Waals surface area (Å²) in [7, 11) is -2.80. The molecule has 4 heterocycles. The fourth-order valence-electron chi connectivity index (χ4n) is 5.19. The Morgan fingerprint density at radius 3 is 2.37 bits per heavy atom. The normalized spacial score (nSPS) is 18.4. The monoisotopic (exact) mass is 850 g/mol. The van der Waals surface area contributed by atoms with Crippen LogP contribution in [0.2, 0.25) is 0 Å². The highest BCUT2D eigenvalue weighted by molar-refractivity contribution is 7.80. The number of β-lactam (4-membered cyclic amide) rings is 1. The largest absolute Gasteiger partial charge is 0.542 e. The molecule has 0 aliphatic carbocycles. The Morgan fingerprint density at radius 1 is 1.21 bits per heavy atom. The highest BCUT2D eigenvalue weighted by Crippen LogP contribution is 2.33. The van der Waals surface area contributed by atoms with Crippen molar-refractivity contribution in [1.29, 1.82) is 0 Å². The number of nitrogens with one attached hydrogen (secondary N) is 1. The molecule has 0 bridgehead atoms. The van der Waals surface area contributed by atoms with Crippen LogP contribution in [0, 0.1) is 0 Å². The molecule has 0 radical (unpaired) electrons. The van der Waals surface area contributed by atoms with Crippen molar-refractivity contribution >= 4 is 56.3 Å². The lowest BCUT2D eigenvalue weighted by atomic mass is 9.84. The number of likely N-dealkylation sites (N-methyl/N-ethyl adjacent to an activating group) is 1. The minimum absolute atomic E-state index is 0.0609. The molecule has 21 nitrogen and oxygen atoms in total. The maximum Gasteiger partial charge on any atom is 0.430 e. The van der Waals surface area contributed by atoms with E-state index in [4.69, 9.17) is 34.5 Å². The molecule has 26 heteroatoms. The number of aromatic nitrogens is 3. The first-order chi connectivity index (χ1) is 26.5. The lowest BCUT2D eigenvalue weighted by Crippen LogP contribution is -2.76. The molecule has 2 aliphatic rings. The van der Waals surface area contributed by atoms with Gasteiger partial charge in [-0.15, -0.1) is 15.6 Å². The number of benzene rings is 1. The Bertz CT molecular complexity index is 2070. The molecule has 2 saturated heterocycles. The van der Waals surface area contributed by atoms with E-state index in [9.17, 15) is 41.1 Å². The average molecular weight is 851 g/mol. The third kappa shape index (κ3) is 12.0. The molecule has 1 aromatic carbocycles. The SMILES string of the molecule is CC1(C)[C@H](NC(=O)/C(=N\O[C@@H](COc2ccc(-c3cnn(CC[N+]4(C)CCOCC4)c3)cc2)C(=O)O)c2csc(N)n2)C(=O)N1OS(=O)(=O)O.O=C([O-])C(F)(F)F. The number of hydroxylamine groups is 2. The lowest BCUT2D eigenvalue weighted by Gasteiger charge is -2.50. The molecular formula is C31H37F3N8O13S2. The van der Waals surface area contributed by atoms with Gasteiger partial charge in [-0.2, -0.15) is 31.8 Å². The van der Waals surface area contributed by atoms with Crippen molar-refractivity contribution in [3.05, 3.63) is 47.7 Å². The zero-order valence-corrected chi connectivity index (χ0v) is 31.9. The van der Waals surface area contributed by atoms with Crippen molar-refractivity contribution < 1.29 is 78.6 Å². The number of nitrogens with zero attached hydrogens (tertiary/aromatic N) is 6. The number of ether oxygens (including phenoxy) is 2. The predicted octanol–water partition coefficient (Wildman–Crippen LogP) is -0.543. The summed E-state index contributed by atoms with van der Waals surface area (Å²) in [6, 6.07) is 5.62. The second-order valence-corrected chi connectivity index (χ2v) is 15.0. The van der Waals surface area contributed by atoms with Gasteiger partial charge in [0.05, 0.1) is 45.1 Å². The number of hydrogen-bond donors (Lipinski definition) is 4. The topological polar surface area (TPSA) is 287 Å². The molecule has 2 fully saturated rings. The molecule has 312 valence electrons. The number of carboxylic acids is 2. The molecule has 2 aliphatic heterocycles. The van der Waals surface area contributed by atoms with E-state index in [1.807, 2.05) is 23.0 Å². The smallest absolute Gasteiger partial charge is 0.430 e. The molecule has 5 rings (SSSR count). The van der Waals surface area contributed by atoms with Crippen molar-refractivity contribution in [1.82, 2.24) is 25.1 Å². The number of hydrogen-bond acceptors (Lipinski definition) is 16. The number of quaternary nitrogens is 1. The summed E-state index contributed by atoms with van der Waals surface area (Å²) in [5.41, 5.74) is 5.46. The van der Waals surface area contributed by atoms with Crippen molar-refractivity contribution in [2.24, 2.45) is 5.16 Å². The Balaban J connectivity index is 0.000000940. The molecule has 0 spiro atoms. The fourth-order valence-corrected chi connectivity index (χ4v) is 6.19. The van der Waals surface area contributed by atoms with Crippen LogP contribution in [0.25, 0.3) is 11.1 Å². The lowest BCUT2D eigenvalue weighted by molar-refractivity contribution is -0.917. The van der Waals surface area contributed by atoms with Crippen molar-refractivity contribution in [2.75, 3.05) is 52.2 Å². The summed E-state index contributed by atoms with van der Waals surface area (Å²) in [5, 5.41) is 31.0. The van der Waals surface area contributed by atoms with Gasteiger partial charge in [0.25, 0.3) is 17.9 Å². The van der Waals surface area contributed by atoms with Crippen LogP contribution in [0.5, 0.6) is 5.75 Å². The minimum atomic E-state index is -5.19. The average Bonchev–Trinajstić information content (AvgIpc) is 3.79. The molecule has 57 heavy (non-hydrogen) atoms. The number of nitrogens with two attached hydrogens (primary N) is 1. The number of anilines is 1. The van der Waals surface area contributed by atoms with E-state index in [1.165, 1.54) is 19.2 Å². The van der Waals surface area contributed by atoms with Gasteiger partial charge < -0.3 is 44.9 Å². The van der Waals surface area contributed by atoms with Gasteiger partial charge in [0.2, 0.25) is 0 Å². The fraction of sp³-hybridized carbons (Fsp3) is 0.452. The van der Waals surface area contributed by atoms with Gasteiger partial charge in [-0.25, -0.2) is 9.78 Å². The third-order valence-corrected chi connectivity index (χ3v) is 9.53. The molecule has 0 unspecified atom stereocenters. The van der Waals surface area contributed by atoms with E-state index in [2.05, 4.69) is 31.9 Å². The van der Waals surface area contributed by atoms with Gasteiger partial charge in [0.1, 0.15) is 43.2 Å². The number of carbonyl (C=O) groups excluding carboxylic acids is 3. The molecule has 2 atom stereocenters. The molecule has 3 aromatic rings. The maximum atomic E-state index is 13.2. The highest BCUT2D eigenvalue weighted by Gasteiger charge is 2.58. The van der Waals surface area contributed by atoms with E-state index in [0.717, 1.165) is 66.3 Å². The number of nitrogen functional groups attached to an aromatic ring is 1. The quantitative estimate of drug-likeness (QED) is 0.0491. The van der Waals surface area contributed by atoms with Crippen LogP contribution in [0.15, 0.2) is 47.2 Å². The first-order valence-electron chi connectivity index (χ1n) is 16.4. The number of thiazole rings is 1. The van der Waals surface area contributed by atoms with Gasteiger partial charge in [-0.3, -0.25) is 18.8 Å². The van der Waals surface area contributed by atoms with Crippen LogP contribution >= 0.6 is 11.3 Å². The van der Waals surface area contributed by atoms with E-state index in [1.54, 1.807) is 18.3 Å². The summed E-state index contributed by atoms with van der Waals surface area (Å²) in [4.78, 5) is 55.8. The second kappa shape index (κ2) is 17.8. The number of amides is 2.